The van der Waals surface area contributed by atoms with Crippen LogP contribution in [0.3, 0.4) is 0 Å². The van der Waals surface area contributed by atoms with Crippen molar-refractivity contribution in [3.63, 3.8) is 0 Å². The van der Waals surface area contributed by atoms with Crippen LogP contribution in [-0.2, 0) is 18.8 Å². The summed E-state index contributed by atoms with van der Waals surface area (Å²) in [5, 5.41) is 3.10. The normalized spacial score (nSPS) is 11.5. The van der Waals surface area contributed by atoms with Gasteiger partial charge in [0.05, 0.1) is 0 Å². The van der Waals surface area contributed by atoms with Crippen LogP contribution >= 0.6 is 0 Å². The summed E-state index contributed by atoms with van der Waals surface area (Å²) >= 11 is 0. The maximum absolute atomic E-state index is 12.5. The largest absolute Gasteiger partial charge is 0.385 e. The van der Waals surface area contributed by atoms with Gasteiger partial charge in [-0.3, -0.25) is 13.9 Å². The minimum atomic E-state index is -0.478. The Morgan fingerprint density at radius 3 is 2.62 bits per heavy atom. The van der Waals surface area contributed by atoms with Crippen LogP contribution in [0.4, 0.5) is 11.9 Å². The van der Waals surface area contributed by atoms with Gasteiger partial charge in [-0.15, -0.1) is 0 Å². The van der Waals surface area contributed by atoms with E-state index in [-0.39, 0.29) is 22.9 Å². The van der Waals surface area contributed by atoms with E-state index < -0.39 is 11.2 Å². The molecule has 3 heterocycles. The van der Waals surface area contributed by atoms with E-state index in [0.29, 0.717) is 19.1 Å². The molecule has 3 aromatic heterocycles. The van der Waals surface area contributed by atoms with Gasteiger partial charge in [-0.1, -0.05) is 0 Å². The number of nitrogens with one attached hydrogen (secondary N) is 1. The Labute approximate surface area is 135 Å². The number of methoxy groups -OCH3 is 1. The monoisotopic (exact) mass is 334 g/mol. The Hall–Kier alpha value is -2.95. The number of nitrogen functional groups attached to an aromatic ring is 1. The number of rotatable bonds is 5. The number of aryl methyl sites for hydroxylation is 1. The summed E-state index contributed by atoms with van der Waals surface area (Å²) in [7, 11) is 4.57. The maximum Gasteiger partial charge on any atom is 0.332 e. The minimum Gasteiger partial charge on any atom is -0.385 e. The summed E-state index contributed by atoms with van der Waals surface area (Å²) < 4.78 is 8.78. The number of anilines is 2. The van der Waals surface area contributed by atoms with E-state index in [2.05, 4.69) is 20.3 Å². The predicted octanol–water partition coefficient (Wildman–Crippen LogP) is -1.29. The zero-order valence-corrected chi connectivity index (χ0v) is 13.6. The lowest BCUT2D eigenvalue weighted by molar-refractivity contribution is 0.197. The molecular weight excluding hydrogens is 316 g/mol. The number of fused-ring (bicyclic) bond motifs is 3. The fraction of sp³-hybridized carbons (Fsp3) is 0.462. The molecule has 128 valence electrons. The SMILES string of the molecule is COCCCNc1nc(N)nc2nc3c(c(=O)n(C)c(=O)n3C)n12. The van der Waals surface area contributed by atoms with E-state index in [0.717, 1.165) is 11.0 Å². The molecule has 11 nitrogen and oxygen atoms in total. The van der Waals surface area contributed by atoms with Crippen LogP contribution in [-0.4, -0.2) is 48.7 Å². The predicted molar refractivity (Wildman–Crippen MR) is 88.2 cm³/mol. The third kappa shape index (κ3) is 2.38. The van der Waals surface area contributed by atoms with Crippen LogP contribution in [0, 0.1) is 0 Å². The second-order valence-electron chi connectivity index (χ2n) is 5.30. The molecule has 0 aliphatic heterocycles. The molecule has 11 heteroatoms. The van der Waals surface area contributed by atoms with Gasteiger partial charge in [0.25, 0.3) is 5.56 Å². The fourth-order valence-corrected chi connectivity index (χ4v) is 2.48. The smallest absolute Gasteiger partial charge is 0.332 e. The first-order chi connectivity index (χ1) is 11.5. The van der Waals surface area contributed by atoms with Gasteiger partial charge < -0.3 is 15.8 Å². The van der Waals surface area contributed by atoms with E-state index in [1.165, 1.54) is 16.0 Å². The summed E-state index contributed by atoms with van der Waals surface area (Å²) in [6.45, 7) is 1.14. The first-order valence-electron chi connectivity index (χ1n) is 7.30. The summed E-state index contributed by atoms with van der Waals surface area (Å²) in [4.78, 5) is 37.1. The Morgan fingerprint density at radius 2 is 1.92 bits per heavy atom. The van der Waals surface area contributed by atoms with Crippen molar-refractivity contribution in [2.24, 2.45) is 14.1 Å². The highest BCUT2D eigenvalue weighted by atomic mass is 16.5. The maximum atomic E-state index is 12.5. The number of hydrogen-bond acceptors (Lipinski definition) is 8. The Bertz CT molecular complexity index is 1030. The first-order valence-corrected chi connectivity index (χ1v) is 7.30. The molecule has 24 heavy (non-hydrogen) atoms. The molecule has 0 fully saturated rings. The highest BCUT2D eigenvalue weighted by molar-refractivity contribution is 5.77. The third-order valence-corrected chi connectivity index (χ3v) is 3.70. The standard InChI is InChI=1S/C13H18N8O3/c1-19-8-7(9(22)20(2)13(19)23)21-11(15-5-4-6-24-3)17-10(14)18-12(21)16-8/h4-6H2,1-3H3,(H3,14,15,16,17,18). The zero-order chi connectivity index (χ0) is 17.4. The van der Waals surface area contributed by atoms with Crippen LogP contribution in [0.15, 0.2) is 9.59 Å². The van der Waals surface area contributed by atoms with Crippen molar-refractivity contribution in [1.29, 1.82) is 0 Å². The molecule has 0 saturated carbocycles. The van der Waals surface area contributed by atoms with Gasteiger partial charge in [-0.25, -0.2) is 9.20 Å². The van der Waals surface area contributed by atoms with E-state index in [1.54, 1.807) is 14.2 Å². The molecule has 0 spiro atoms. The molecule has 0 radical (unpaired) electrons. The van der Waals surface area contributed by atoms with Crippen LogP contribution in [0.5, 0.6) is 0 Å². The highest BCUT2D eigenvalue weighted by Crippen LogP contribution is 2.16. The number of nitrogens with two attached hydrogens (primary N) is 1. The van der Waals surface area contributed by atoms with Crippen LogP contribution < -0.4 is 22.3 Å². The van der Waals surface area contributed by atoms with E-state index >= 15 is 0 Å². The van der Waals surface area contributed by atoms with Crippen LogP contribution in [0.25, 0.3) is 16.9 Å². The molecule has 0 aliphatic rings. The summed E-state index contributed by atoms with van der Waals surface area (Å²) in [6.07, 6.45) is 0.741. The average Bonchev–Trinajstić information content (AvgIpc) is 2.94. The number of imidazole rings is 1. The third-order valence-electron chi connectivity index (χ3n) is 3.70. The van der Waals surface area contributed by atoms with Gasteiger partial charge >= 0.3 is 5.69 Å². The summed E-state index contributed by atoms with van der Waals surface area (Å²) in [5.74, 6) is 0.561. The molecule has 0 amide bonds. The molecule has 0 unspecified atom stereocenters. The zero-order valence-electron chi connectivity index (χ0n) is 13.6. The molecule has 3 rings (SSSR count). The number of ether oxygens (including phenoxy) is 1. The molecule has 3 aromatic rings. The molecule has 0 aromatic carbocycles. The summed E-state index contributed by atoms with van der Waals surface area (Å²) in [5.41, 5.74) is 5.21. The van der Waals surface area contributed by atoms with E-state index in [9.17, 15) is 9.59 Å². The molecule has 0 bridgehead atoms. The van der Waals surface area contributed by atoms with Crippen molar-refractivity contribution in [1.82, 2.24) is 28.5 Å². The molecular formula is C13H18N8O3. The molecule has 0 saturated heterocycles. The van der Waals surface area contributed by atoms with Crippen LogP contribution in [0.1, 0.15) is 6.42 Å². The molecule has 0 atom stereocenters. The van der Waals surface area contributed by atoms with Gasteiger partial charge in [0.2, 0.25) is 17.7 Å². The Balaban J connectivity index is 2.29. The van der Waals surface area contributed by atoms with Gasteiger partial charge in [0, 0.05) is 34.4 Å². The second-order valence-corrected chi connectivity index (χ2v) is 5.30. The second kappa shape index (κ2) is 5.92. The fourth-order valence-electron chi connectivity index (χ4n) is 2.48. The Morgan fingerprint density at radius 1 is 1.17 bits per heavy atom. The molecule has 0 aliphatic carbocycles. The number of hydrogen-bond donors (Lipinski definition) is 2. The van der Waals surface area contributed by atoms with Crippen molar-refractivity contribution in [2.75, 3.05) is 31.3 Å². The lowest BCUT2D eigenvalue weighted by Gasteiger charge is -2.09. The lowest BCUT2D eigenvalue weighted by Crippen LogP contribution is -2.37. The van der Waals surface area contributed by atoms with Crippen molar-refractivity contribution in [2.45, 2.75) is 6.42 Å². The summed E-state index contributed by atoms with van der Waals surface area (Å²) in [6, 6.07) is 0. The number of aromatic nitrogens is 6. The lowest BCUT2D eigenvalue weighted by atomic mass is 10.4. The first kappa shape index (κ1) is 15.9. The van der Waals surface area contributed by atoms with Crippen molar-refractivity contribution < 1.29 is 4.74 Å². The Kier molecular flexibility index (Phi) is 3.93. The van der Waals surface area contributed by atoms with Crippen LogP contribution in [0.2, 0.25) is 0 Å². The van der Waals surface area contributed by atoms with Gasteiger partial charge in [-0.2, -0.15) is 15.0 Å². The minimum absolute atomic E-state index is 0.0221. The van der Waals surface area contributed by atoms with E-state index in [1.807, 2.05) is 0 Å². The van der Waals surface area contributed by atoms with Crippen molar-refractivity contribution in [3.05, 3.63) is 20.8 Å². The van der Waals surface area contributed by atoms with Gasteiger partial charge in [-0.05, 0) is 6.42 Å². The van der Waals surface area contributed by atoms with Crippen molar-refractivity contribution >= 4 is 28.8 Å². The number of nitrogens with zero attached hydrogens (tertiary/aromatic N) is 6. The van der Waals surface area contributed by atoms with Gasteiger partial charge in [0.1, 0.15) is 0 Å². The average molecular weight is 334 g/mol. The molecule has 3 N–H and O–H groups in total. The van der Waals surface area contributed by atoms with E-state index in [4.69, 9.17) is 10.5 Å². The van der Waals surface area contributed by atoms with Gasteiger partial charge in [0.15, 0.2) is 11.2 Å². The highest BCUT2D eigenvalue weighted by Gasteiger charge is 2.19. The van der Waals surface area contributed by atoms with Crippen molar-refractivity contribution in [3.8, 4) is 0 Å². The topological polar surface area (TPSA) is 134 Å². The quantitative estimate of drug-likeness (QED) is 0.550.